The molecule has 2 N–H and O–H groups in total. The van der Waals surface area contributed by atoms with E-state index in [4.69, 9.17) is 10.5 Å². The zero-order valence-corrected chi connectivity index (χ0v) is 12.1. The summed E-state index contributed by atoms with van der Waals surface area (Å²) in [5, 5.41) is 0. The van der Waals surface area contributed by atoms with Crippen molar-refractivity contribution in [2.24, 2.45) is 5.73 Å². The first-order valence-corrected chi connectivity index (χ1v) is 7.46. The van der Waals surface area contributed by atoms with Crippen LogP contribution in [0.5, 0.6) is 0 Å². The fraction of sp³-hybridized carbons (Fsp3) is 1.00. The van der Waals surface area contributed by atoms with Gasteiger partial charge in [-0.15, -0.1) is 0 Å². The van der Waals surface area contributed by atoms with E-state index in [1.165, 1.54) is 12.2 Å². The zero-order valence-electron chi connectivity index (χ0n) is 11.2. The molecule has 0 saturated carbocycles. The van der Waals surface area contributed by atoms with Gasteiger partial charge in [0.25, 0.3) is 0 Å². The number of methoxy groups -OCH3 is 1. The standard InChI is InChI=1S/C12H28N2OS/c1-11(7-9-16-4)14(2)12(10-15-3)6-5-8-13/h11-12H,5-10,13H2,1-4H3. The van der Waals surface area contributed by atoms with Gasteiger partial charge in [-0.2, -0.15) is 11.8 Å². The Hall–Kier alpha value is 0.230. The summed E-state index contributed by atoms with van der Waals surface area (Å²) in [7, 11) is 3.97. The number of rotatable bonds is 10. The summed E-state index contributed by atoms with van der Waals surface area (Å²) in [6, 6.07) is 1.12. The van der Waals surface area contributed by atoms with E-state index in [2.05, 4.69) is 25.1 Å². The lowest BCUT2D eigenvalue weighted by atomic mass is 10.1. The summed E-state index contributed by atoms with van der Waals surface area (Å²) in [6.45, 7) is 3.87. The number of hydrogen-bond donors (Lipinski definition) is 1. The Kier molecular flexibility index (Phi) is 10.5. The monoisotopic (exact) mass is 248 g/mol. The maximum absolute atomic E-state index is 5.57. The van der Waals surface area contributed by atoms with Crippen molar-refractivity contribution in [2.45, 2.75) is 38.3 Å². The Labute approximate surface area is 105 Å². The second-order valence-electron chi connectivity index (χ2n) is 4.34. The highest BCUT2D eigenvalue weighted by Gasteiger charge is 2.18. The minimum atomic E-state index is 0.505. The quantitative estimate of drug-likeness (QED) is 0.640. The second kappa shape index (κ2) is 10.4. The molecule has 0 aliphatic rings. The van der Waals surface area contributed by atoms with Crippen molar-refractivity contribution in [3.63, 3.8) is 0 Å². The van der Waals surface area contributed by atoms with Gasteiger partial charge in [-0.3, -0.25) is 4.90 Å². The third-order valence-electron chi connectivity index (χ3n) is 3.11. The maximum Gasteiger partial charge on any atom is 0.0618 e. The lowest BCUT2D eigenvalue weighted by Crippen LogP contribution is -2.41. The van der Waals surface area contributed by atoms with E-state index in [0.29, 0.717) is 12.1 Å². The van der Waals surface area contributed by atoms with E-state index in [1.807, 2.05) is 11.8 Å². The van der Waals surface area contributed by atoms with Crippen LogP contribution in [-0.4, -0.2) is 56.3 Å². The second-order valence-corrected chi connectivity index (χ2v) is 5.32. The van der Waals surface area contributed by atoms with Crippen LogP contribution in [0.2, 0.25) is 0 Å². The van der Waals surface area contributed by atoms with Crippen molar-refractivity contribution in [1.82, 2.24) is 4.90 Å². The van der Waals surface area contributed by atoms with Crippen molar-refractivity contribution in [2.75, 3.05) is 39.3 Å². The van der Waals surface area contributed by atoms with Crippen molar-refractivity contribution >= 4 is 11.8 Å². The van der Waals surface area contributed by atoms with Gasteiger partial charge in [0.05, 0.1) is 6.61 Å². The molecule has 0 aliphatic carbocycles. The molecular weight excluding hydrogens is 220 g/mol. The summed E-state index contributed by atoms with van der Waals surface area (Å²) >= 11 is 1.91. The largest absolute Gasteiger partial charge is 0.383 e. The van der Waals surface area contributed by atoms with E-state index in [0.717, 1.165) is 26.0 Å². The first kappa shape index (κ1) is 16.2. The molecule has 3 nitrogen and oxygen atoms in total. The minimum Gasteiger partial charge on any atom is -0.383 e. The van der Waals surface area contributed by atoms with E-state index >= 15 is 0 Å². The highest BCUT2D eigenvalue weighted by atomic mass is 32.2. The fourth-order valence-electron chi connectivity index (χ4n) is 1.80. The summed E-state index contributed by atoms with van der Waals surface area (Å²) in [6.07, 6.45) is 5.60. The van der Waals surface area contributed by atoms with Crippen LogP contribution in [0.4, 0.5) is 0 Å². The first-order chi connectivity index (χ1) is 7.67. The van der Waals surface area contributed by atoms with Gasteiger partial charge in [0.1, 0.15) is 0 Å². The van der Waals surface area contributed by atoms with Crippen molar-refractivity contribution in [3.05, 3.63) is 0 Å². The molecular formula is C12H28N2OS. The Morgan fingerprint density at radius 2 is 2.06 bits per heavy atom. The normalized spacial score (nSPS) is 15.4. The molecule has 0 bridgehead atoms. The van der Waals surface area contributed by atoms with E-state index < -0.39 is 0 Å². The van der Waals surface area contributed by atoms with Crippen LogP contribution in [0.15, 0.2) is 0 Å². The molecule has 16 heavy (non-hydrogen) atoms. The molecule has 0 rings (SSSR count). The maximum atomic E-state index is 5.57. The van der Waals surface area contributed by atoms with Gasteiger partial charge < -0.3 is 10.5 Å². The molecule has 0 amide bonds. The topological polar surface area (TPSA) is 38.5 Å². The average molecular weight is 248 g/mol. The van der Waals surface area contributed by atoms with E-state index in [-0.39, 0.29) is 0 Å². The average Bonchev–Trinajstić information content (AvgIpc) is 2.30. The third-order valence-corrected chi connectivity index (χ3v) is 3.76. The van der Waals surface area contributed by atoms with Crippen molar-refractivity contribution in [1.29, 1.82) is 0 Å². The fourth-order valence-corrected chi connectivity index (χ4v) is 2.38. The molecule has 0 saturated heterocycles. The Morgan fingerprint density at radius 3 is 2.56 bits per heavy atom. The van der Waals surface area contributed by atoms with Crippen molar-refractivity contribution < 1.29 is 4.74 Å². The zero-order chi connectivity index (χ0) is 12.4. The van der Waals surface area contributed by atoms with Gasteiger partial charge in [0.2, 0.25) is 0 Å². The third kappa shape index (κ3) is 6.74. The molecule has 0 aliphatic heterocycles. The molecule has 4 heteroatoms. The van der Waals surface area contributed by atoms with Crippen LogP contribution in [0, 0.1) is 0 Å². The predicted octanol–water partition coefficient (Wildman–Crippen LogP) is 1.81. The smallest absolute Gasteiger partial charge is 0.0618 e. The number of thioether (sulfide) groups is 1. The number of ether oxygens (including phenoxy) is 1. The summed E-state index contributed by atoms with van der Waals surface area (Å²) in [5.41, 5.74) is 5.57. The van der Waals surface area contributed by atoms with Gasteiger partial charge in [-0.1, -0.05) is 0 Å². The molecule has 0 aromatic rings. The summed E-state index contributed by atoms with van der Waals surface area (Å²) < 4.78 is 5.29. The van der Waals surface area contributed by atoms with Gasteiger partial charge in [-0.05, 0) is 51.8 Å². The molecule has 0 fully saturated rings. The molecule has 2 unspecified atom stereocenters. The molecule has 0 heterocycles. The van der Waals surface area contributed by atoms with Crippen molar-refractivity contribution in [3.8, 4) is 0 Å². The Morgan fingerprint density at radius 1 is 1.38 bits per heavy atom. The van der Waals surface area contributed by atoms with Gasteiger partial charge >= 0.3 is 0 Å². The van der Waals surface area contributed by atoms with E-state index in [9.17, 15) is 0 Å². The molecule has 0 aromatic heterocycles. The number of likely N-dealkylation sites (N-methyl/N-ethyl adjacent to an activating group) is 1. The number of hydrogen-bond acceptors (Lipinski definition) is 4. The van der Waals surface area contributed by atoms with Crippen LogP contribution < -0.4 is 5.73 Å². The van der Waals surface area contributed by atoms with Crippen LogP contribution in [-0.2, 0) is 4.74 Å². The number of nitrogens with two attached hydrogens (primary N) is 1. The highest BCUT2D eigenvalue weighted by Crippen LogP contribution is 2.13. The minimum absolute atomic E-state index is 0.505. The van der Waals surface area contributed by atoms with Gasteiger partial charge in [0.15, 0.2) is 0 Å². The Balaban J connectivity index is 4.06. The molecule has 0 spiro atoms. The number of nitrogens with zero attached hydrogens (tertiary/aromatic N) is 1. The lowest BCUT2D eigenvalue weighted by molar-refractivity contribution is 0.0778. The molecule has 98 valence electrons. The molecule has 2 atom stereocenters. The summed E-state index contributed by atoms with van der Waals surface area (Å²) in [5.74, 6) is 1.22. The SMILES string of the molecule is COCC(CCCN)N(C)C(C)CCSC. The van der Waals surface area contributed by atoms with Crippen LogP contribution in [0.25, 0.3) is 0 Å². The predicted molar refractivity (Wildman–Crippen MR) is 74.2 cm³/mol. The summed E-state index contributed by atoms with van der Waals surface area (Å²) in [4.78, 5) is 2.44. The lowest BCUT2D eigenvalue weighted by Gasteiger charge is -2.32. The van der Waals surface area contributed by atoms with Crippen LogP contribution in [0.1, 0.15) is 26.2 Å². The van der Waals surface area contributed by atoms with E-state index in [1.54, 1.807) is 7.11 Å². The first-order valence-electron chi connectivity index (χ1n) is 6.07. The Bertz CT molecular complexity index is 158. The van der Waals surface area contributed by atoms with Crippen LogP contribution in [0.3, 0.4) is 0 Å². The van der Waals surface area contributed by atoms with Gasteiger partial charge in [-0.25, -0.2) is 0 Å². The highest BCUT2D eigenvalue weighted by molar-refractivity contribution is 7.98. The van der Waals surface area contributed by atoms with Crippen LogP contribution >= 0.6 is 11.8 Å². The molecule has 0 radical (unpaired) electrons. The molecule has 0 aromatic carbocycles. The van der Waals surface area contributed by atoms with Gasteiger partial charge in [0, 0.05) is 19.2 Å².